The Kier molecular flexibility index (Phi) is 3.86. The molecule has 0 saturated heterocycles. The van der Waals surface area contributed by atoms with Gasteiger partial charge >= 0.3 is 0 Å². The van der Waals surface area contributed by atoms with E-state index in [1.54, 1.807) is 0 Å². The Hall–Kier alpha value is -2.36. The number of aryl methyl sites for hydroxylation is 2. The molecule has 0 amide bonds. The molecular formula is C17H18O4. The lowest BCUT2D eigenvalue weighted by Crippen LogP contribution is -2.09. The van der Waals surface area contributed by atoms with Crippen LogP contribution in [0, 0.1) is 13.8 Å². The minimum Gasteiger partial charge on any atom is -0.490 e. The van der Waals surface area contributed by atoms with Gasteiger partial charge in [0.2, 0.25) is 6.79 Å². The standard InChI is InChI=1S/C17H18O4/c1-12-3-4-13(2)16(9-12)19-8-7-18-14-5-6-15-17(10-14)21-11-20-15/h3-6,9-10H,7-8,11H2,1-2H3. The number of fused-ring (bicyclic) bond motifs is 1. The van der Waals surface area contributed by atoms with E-state index in [1.807, 2.05) is 31.2 Å². The van der Waals surface area contributed by atoms with Crippen LogP contribution in [-0.2, 0) is 0 Å². The Bertz CT molecular complexity index is 637. The van der Waals surface area contributed by atoms with Crippen LogP contribution in [0.3, 0.4) is 0 Å². The third kappa shape index (κ3) is 3.21. The van der Waals surface area contributed by atoms with Gasteiger partial charge in [-0.1, -0.05) is 12.1 Å². The highest BCUT2D eigenvalue weighted by molar-refractivity contribution is 5.46. The highest BCUT2D eigenvalue weighted by Crippen LogP contribution is 2.35. The van der Waals surface area contributed by atoms with Crippen LogP contribution in [-0.4, -0.2) is 20.0 Å². The molecule has 0 bridgehead atoms. The molecule has 4 nitrogen and oxygen atoms in total. The van der Waals surface area contributed by atoms with E-state index < -0.39 is 0 Å². The second-order valence-electron chi connectivity index (χ2n) is 4.98. The number of hydrogen-bond donors (Lipinski definition) is 0. The molecule has 4 heteroatoms. The van der Waals surface area contributed by atoms with Crippen LogP contribution in [0.1, 0.15) is 11.1 Å². The van der Waals surface area contributed by atoms with E-state index in [0.29, 0.717) is 13.2 Å². The van der Waals surface area contributed by atoms with E-state index in [-0.39, 0.29) is 6.79 Å². The summed E-state index contributed by atoms with van der Waals surface area (Å²) in [5.74, 6) is 3.14. The van der Waals surface area contributed by atoms with Crippen LogP contribution in [0.2, 0.25) is 0 Å². The SMILES string of the molecule is Cc1ccc(C)c(OCCOc2ccc3c(c2)OCO3)c1. The Morgan fingerprint density at radius 1 is 0.905 bits per heavy atom. The second-order valence-corrected chi connectivity index (χ2v) is 4.98. The van der Waals surface area contributed by atoms with Gasteiger partial charge in [0.05, 0.1) is 0 Å². The van der Waals surface area contributed by atoms with Gasteiger partial charge in [0, 0.05) is 6.07 Å². The molecule has 3 rings (SSSR count). The molecule has 1 aliphatic heterocycles. The monoisotopic (exact) mass is 286 g/mol. The zero-order valence-corrected chi connectivity index (χ0v) is 12.2. The van der Waals surface area contributed by atoms with Crippen molar-refractivity contribution in [2.45, 2.75) is 13.8 Å². The molecule has 0 N–H and O–H groups in total. The molecule has 1 aliphatic rings. The van der Waals surface area contributed by atoms with Crippen molar-refractivity contribution in [2.24, 2.45) is 0 Å². The van der Waals surface area contributed by atoms with Crippen LogP contribution in [0.15, 0.2) is 36.4 Å². The van der Waals surface area contributed by atoms with Gasteiger partial charge in [-0.3, -0.25) is 0 Å². The predicted molar refractivity (Wildman–Crippen MR) is 79.5 cm³/mol. The maximum atomic E-state index is 5.75. The van der Waals surface area contributed by atoms with E-state index in [4.69, 9.17) is 18.9 Å². The topological polar surface area (TPSA) is 36.9 Å². The molecule has 2 aromatic rings. The lowest BCUT2D eigenvalue weighted by atomic mass is 10.1. The van der Waals surface area contributed by atoms with E-state index >= 15 is 0 Å². The Labute approximate surface area is 124 Å². The van der Waals surface area contributed by atoms with Crippen molar-refractivity contribution in [2.75, 3.05) is 20.0 Å². The fourth-order valence-corrected chi connectivity index (χ4v) is 2.14. The van der Waals surface area contributed by atoms with Crippen molar-refractivity contribution in [3.8, 4) is 23.0 Å². The average molecular weight is 286 g/mol. The molecule has 2 aromatic carbocycles. The molecule has 110 valence electrons. The van der Waals surface area contributed by atoms with Crippen molar-refractivity contribution < 1.29 is 18.9 Å². The summed E-state index contributed by atoms with van der Waals surface area (Å²) in [6.45, 7) is 5.34. The van der Waals surface area contributed by atoms with Crippen LogP contribution in [0.5, 0.6) is 23.0 Å². The summed E-state index contributed by atoms with van der Waals surface area (Å²) < 4.78 is 22.0. The highest BCUT2D eigenvalue weighted by atomic mass is 16.7. The number of benzene rings is 2. The van der Waals surface area contributed by atoms with Crippen molar-refractivity contribution in [3.05, 3.63) is 47.5 Å². The molecule has 0 saturated carbocycles. The Morgan fingerprint density at radius 3 is 2.62 bits per heavy atom. The third-order valence-electron chi connectivity index (χ3n) is 3.30. The quantitative estimate of drug-likeness (QED) is 0.788. The largest absolute Gasteiger partial charge is 0.490 e. The molecule has 0 aromatic heterocycles. The first-order valence-corrected chi connectivity index (χ1v) is 6.95. The Morgan fingerprint density at radius 2 is 1.71 bits per heavy atom. The summed E-state index contributed by atoms with van der Waals surface area (Å²) in [6, 6.07) is 11.7. The van der Waals surface area contributed by atoms with Crippen molar-refractivity contribution in [3.63, 3.8) is 0 Å². The van der Waals surface area contributed by atoms with Crippen molar-refractivity contribution >= 4 is 0 Å². The van der Waals surface area contributed by atoms with Gasteiger partial charge in [-0.2, -0.15) is 0 Å². The van der Waals surface area contributed by atoms with Gasteiger partial charge in [0.25, 0.3) is 0 Å². The zero-order valence-electron chi connectivity index (χ0n) is 12.2. The minimum absolute atomic E-state index is 0.272. The average Bonchev–Trinajstić information content (AvgIpc) is 2.94. The van der Waals surface area contributed by atoms with E-state index in [0.717, 1.165) is 28.6 Å². The number of rotatable bonds is 5. The molecule has 0 atom stereocenters. The molecule has 0 radical (unpaired) electrons. The van der Waals surface area contributed by atoms with Crippen LogP contribution >= 0.6 is 0 Å². The second kappa shape index (κ2) is 5.95. The van der Waals surface area contributed by atoms with Crippen molar-refractivity contribution in [1.82, 2.24) is 0 Å². The zero-order chi connectivity index (χ0) is 14.7. The number of ether oxygens (including phenoxy) is 4. The van der Waals surface area contributed by atoms with E-state index in [9.17, 15) is 0 Å². The summed E-state index contributed by atoms with van der Waals surface area (Å²) in [5, 5.41) is 0. The molecular weight excluding hydrogens is 268 g/mol. The van der Waals surface area contributed by atoms with Crippen LogP contribution in [0.25, 0.3) is 0 Å². The minimum atomic E-state index is 0.272. The fourth-order valence-electron chi connectivity index (χ4n) is 2.14. The van der Waals surface area contributed by atoms with Crippen molar-refractivity contribution in [1.29, 1.82) is 0 Å². The molecule has 0 aliphatic carbocycles. The predicted octanol–water partition coefficient (Wildman–Crippen LogP) is 3.49. The summed E-state index contributed by atoms with van der Waals surface area (Å²) in [6.07, 6.45) is 0. The summed E-state index contributed by atoms with van der Waals surface area (Å²) >= 11 is 0. The third-order valence-corrected chi connectivity index (χ3v) is 3.30. The van der Waals surface area contributed by atoms with Gasteiger partial charge < -0.3 is 18.9 Å². The molecule has 1 heterocycles. The normalized spacial score (nSPS) is 12.3. The van der Waals surface area contributed by atoms with Gasteiger partial charge in [-0.05, 0) is 43.2 Å². The number of hydrogen-bond acceptors (Lipinski definition) is 4. The van der Waals surface area contributed by atoms with Crippen LogP contribution < -0.4 is 18.9 Å². The summed E-state index contributed by atoms with van der Waals surface area (Å²) in [7, 11) is 0. The van der Waals surface area contributed by atoms with Gasteiger partial charge in [-0.15, -0.1) is 0 Å². The van der Waals surface area contributed by atoms with E-state index in [2.05, 4.69) is 19.1 Å². The van der Waals surface area contributed by atoms with Gasteiger partial charge in [0.1, 0.15) is 24.7 Å². The molecule has 0 spiro atoms. The van der Waals surface area contributed by atoms with Crippen LogP contribution in [0.4, 0.5) is 0 Å². The first-order valence-electron chi connectivity index (χ1n) is 6.95. The van der Waals surface area contributed by atoms with E-state index in [1.165, 1.54) is 5.56 Å². The highest BCUT2D eigenvalue weighted by Gasteiger charge is 2.13. The molecule has 21 heavy (non-hydrogen) atoms. The maximum absolute atomic E-state index is 5.75. The fraction of sp³-hybridized carbons (Fsp3) is 0.294. The smallest absolute Gasteiger partial charge is 0.231 e. The van der Waals surface area contributed by atoms with Gasteiger partial charge in [0.15, 0.2) is 11.5 Å². The first kappa shape index (κ1) is 13.6. The molecule has 0 fully saturated rings. The summed E-state index contributed by atoms with van der Waals surface area (Å²) in [4.78, 5) is 0. The first-order chi connectivity index (χ1) is 10.2. The maximum Gasteiger partial charge on any atom is 0.231 e. The molecule has 0 unspecified atom stereocenters. The Balaban J connectivity index is 1.51. The van der Waals surface area contributed by atoms with Gasteiger partial charge in [-0.25, -0.2) is 0 Å². The summed E-state index contributed by atoms with van der Waals surface area (Å²) in [5.41, 5.74) is 2.32. The lowest BCUT2D eigenvalue weighted by molar-refractivity contribution is 0.173. The lowest BCUT2D eigenvalue weighted by Gasteiger charge is -2.11.